The van der Waals surface area contributed by atoms with E-state index in [9.17, 15) is 0 Å². The quantitative estimate of drug-likeness (QED) is 0.899. The Morgan fingerprint density at radius 1 is 1.28 bits per heavy atom. The zero-order valence-electron chi connectivity index (χ0n) is 11.1. The monoisotopic (exact) mass is 245 g/mol. The van der Waals surface area contributed by atoms with E-state index >= 15 is 0 Å². The summed E-state index contributed by atoms with van der Waals surface area (Å²) in [6.45, 7) is 6.66. The molecule has 18 heavy (non-hydrogen) atoms. The third-order valence-electron chi connectivity index (χ3n) is 3.48. The van der Waals surface area contributed by atoms with E-state index in [1.165, 1.54) is 5.56 Å². The summed E-state index contributed by atoms with van der Waals surface area (Å²) in [5.41, 5.74) is 7.72. The van der Waals surface area contributed by atoms with Crippen molar-refractivity contribution in [1.82, 2.24) is 10.1 Å². The van der Waals surface area contributed by atoms with Crippen molar-refractivity contribution in [3.63, 3.8) is 0 Å². The minimum Gasteiger partial charge on any atom is -0.338 e. The standard InChI is InChI=1S/C14H19N3O/c1-4-14(3,9-15)13-16-12(17-18-13)11-7-5-10(2)6-8-11/h5-8H,4,9,15H2,1-3H3. The Labute approximate surface area is 107 Å². The van der Waals surface area contributed by atoms with Gasteiger partial charge in [0.25, 0.3) is 0 Å². The van der Waals surface area contributed by atoms with E-state index in [1.54, 1.807) is 0 Å². The van der Waals surface area contributed by atoms with Crippen LogP contribution in [0.4, 0.5) is 0 Å². The Hall–Kier alpha value is -1.68. The minimum atomic E-state index is -0.240. The molecule has 1 unspecified atom stereocenters. The predicted molar refractivity (Wildman–Crippen MR) is 71.2 cm³/mol. The second-order valence-electron chi connectivity index (χ2n) is 4.91. The molecule has 1 heterocycles. The van der Waals surface area contributed by atoms with Crippen molar-refractivity contribution < 1.29 is 4.52 Å². The summed E-state index contributed by atoms with van der Waals surface area (Å²) in [4.78, 5) is 4.47. The van der Waals surface area contributed by atoms with Crippen molar-refractivity contribution in [3.05, 3.63) is 35.7 Å². The van der Waals surface area contributed by atoms with Crippen LogP contribution in [0.25, 0.3) is 11.4 Å². The Morgan fingerprint density at radius 3 is 2.50 bits per heavy atom. The highest BCUT2D eigenvalue weighted by molar-refractivity contribution is 5.54. The maximum atomic E-state index is 5.79. The molecular weight excluding hydrogens is 226 g/mol. The normalized spacial score (nSPS) is 14.4. The summed E-state index contributed by atoms with van der Waals surface area (Å²) in [5.74, 6) is 1.24. The van der Waals surface area contributed by atoms with Crippen LogP contribution in [0.2, 0.25) is 0 Å². The first-order valence-electron chi connectivity index (χ1n) is 6.20. The molecular formula is C14H19N3O. The number of benzene rings is 1. The third kappa shape index (κ3) is 2.29. The Balaban J connectivity index is 2.33. The molecule has 1 atom stereocenters. The second kappa shape index (κ2) is 4.90. The van der Waals surface area contributed by atoms with Gasteiger partial charge in [-0.2, -0.15) is 4.98 Å². The van der Waals surface area contributed by atoms with Gasteiger partial charge < -0.3 is 10.3 Å². The third-order valence-corrected chi connectivity index (χ3v) is 3.48. The molecule has 0 saturated carbocycles. The van der Waals surface area contributed by atoms with Crippen molar-refractivity contribution in [3.8, 4) is 11.4 Å². The van der Waals surface area contributed by atoms with Crippen LogP contribution in [-0.2, 0) is 5.41 Å². The fourth-order valence-electron chi connectivity index (χ4n) is 1.67. The summed E-state index contributed by atoms with van der Waals surface area (Å²) in [5, 5.41) is 4.04. The van der Waals surface area contributed by atoms with Crippen LogP contribution in [0.5, 0.6) is 0 Å². The highest BCUT2D eigenvalue weighted by atomic mass is 16.5. The Kier molecular flexibility index (Phi) is 3.48. The van der Waals surface area contributed by atoms with E-state index in [4.69, 9.17) is 10.3 Å². The molecule has 2 N–H and O–H groups in total. The van der Waals surface area contributed by atoms with Crippen molar-refractivity contribution in [1.29, 1.82) is 0 Å². The number of hydrogen-bond donors (Lipinski definition) is 1. The van der Waals surface area contributed by atoms with Crippen molar-refractivity contribution in [2.75, 3.05) is 6.54 Å². The van der Waals surface area contributed by atoms with Crippen LogP contribution >= 0.6 is 0 Å². The molecule has 4 heteroatoms. The van der Waals surface area contributed by atoms with Crippen molar-refractivity contribution >= 4 is 0 Å². The number of nitrogens with zero attached hydrogens (tertiary/aromatic N) is 2. The van der Waals surface area contributed by atoms with Crippen molar-refractivity contribution in [2.45, 2.75) is 32.6 Å². The smallest absolute Gasteiger partial charge is 0.234 e. The first kappa shape index (κ1) is 12.8. The van der Waals surface area contributed by atoms with Gasteiger partial charge in [0, 0.05) is 12.1 Å². The lowest BCUT2D eigenvalue weighted by molar-refractivity contribution is 0.291. The molecule has 2 aromatic rings. The zero-order chi connectivity index (χ0) is 13.2. The zero-order valence-corrected chi connectivity index (χ0v) is 11.1. The van der Waals surface area contributed by atoms with Gasteiger partial charge in [0.1, 0.15) is 0 Å². The summed E-state index contributed by atoms with van der Waals surface area (Å²) < 4.78 is 5.36. The Bertz CT molecular complexity index is 512. The molecule has 0 aliphatic carbocycles. The number of hydrogen-bond acceptors (Lipinski definition) is 4. The van der Waals surface area contributed by atoms with Gasteiger partial charge in [0.05, 0.1) is 5.41 Å². The number of nitrogens with two attached hydrogens (primary N) is 1. The van der Waals surface area contributed by atoms with Gasteiger partial charge in [-0.25, -0.2) is 0 Å². The van der Waals surface area contributed by atoms with Gasteiger partial charge in [-0.15, -0.1) is 0 Å². The molecule has 0 fully saturated rings. The molecule has 0 bridgehead atoms. The summed E-state index contributed by atoms with van der Waals surface area (Å²) in [6, 6.07) is 8.06. The predicted octanol–water partition coefficient (Wildman–Crippen LogP) is 2.67. The lowest BCUT2D eigenvalue weighted by Crippen LogP contribution is -2.31. The fraction of sp³-hybridized carbons (Fsp3) is 0.429. The summed E-state index contributed by atoms with van der Waals surface area (Å²) in [7, 11) is 0. The van der Waals surface area contributed by atoms with E-state index < -0.39 is 0 Å². The van der Waals surface area contributed by atoms with Crippen LogP contribution in [0.15, 0.2) is 28.8 Å². The largest absolute Gasteiger partial charge is 0.338 e. The molecule has 0 amide bonds. The molecule has 1 aromatic heterocycles. The van der Waals surface area contributed by atoms with Crippen molar-refractivity contribution in [2.24, 2.45) is 5.73 Å². The van der Waals surface area contributed by atoms with Crippen LogP contribution in [0.1, 0.15) is 31.7 Å². The highest BCUT2D eigenvalue weighted by Gasteiger charge is 2.29. The first-order chi connectivity index (χ1) is 8.59. The average Bonchev–Trinajstić information content (AvgIpc) is 2.89. The molecule has 0 radical (unpaired) electrons. The number of rotatable bonds is 4. The van der Waals surface area contributed by atoms with Gasteiger partial charge in [-0.05, 0) is 20.3 Å². The SMILES string of the molecule is CCC(C)(CN)c1nc(-c2ccc(C)cc2)no1. The summed E-state index contributed by atoms with van der Waals surface area (Å²) >= 11 is 0. The number of aromatic nitrogens is 2. The first-order valence-corrected chi connectivity index (χ1v) is 6.20. The van der Waals surface area contributed by atoms with Crippen LogP contribution in [0, 0.1) is 6.92 Å². The minimum absolute atomic E-state index is 0.240. The van der Waals surface area contributed by atoms with Gasteiger partial charge in [0.2, 0.25) is 11.7 Å². The highest BCUT2D eigenvalue weighted by Crippen LogP contribution is 2.26. The molecule has 4 nitrogen and oxygen atoms in total. The molecule has 0 aliphatic rings. The molecule has 0 spiro atoms. The van der Waals surface area contributed by atoms with Gasteiger partial charge in [-0.3, -0.25) is 0 Å². The molecule has 0 saturated heterocycles. The second-order valence-corrected chi connectivity index (χ2v) is 4.91. The topological polar surface area (TPSA) is 64.9 Å². The van der Waals surface area contributed by atoms with Gasteiger partial charge in [0.15, 0.2) is 0 Å². The molecule has 0 aliphatic heterocycles. The maximum Gasteiger partial charge on any atom is 0.234 e. The van der Waals surface area contributed by atoms with Crippen LogP contribution in [0.3, 0.4) is 0 Å². The lowest BCUT2D eigenvalue weighted by atomic mass is 9.88. The van der Waals surface area contributed by atoms with E-state index in [1.807, 2.05) is 38.1 Å². The van der Waals surface area contributed by atoms with E-state index in [2.05, 4.69) is 17.1 Å². The Morgan fingerprint density at radius 2 is 1.94 bits per heavy atom. The fourth-order valence-corrected chi connectivity index (χ4v) is 1.67. The maximum absolute atomic E-state index is 5.79. The molecule has 1 aromatic carbocycles. The molecule has 2 rings (SSSR count). The van der Waals surface area contributed by atoms with E-state index in [-0.39, 0.29) is 5.41 Å². The van der Waals surface area contributed by atoms with Gasteiger partial charge in [-0.1, -0.05) is 41.9 Å². The van der Waals surface area contributed by atoms with Crippen LogP contribution in [-0.4, -0.2) is 16.7 Å². The van der Waals surface area contributed by atoms with E-state index in [0.29, 0.717) is 18.3 Å². The van der Waals surface area contributed by atoms with Gasteiger partial charge >= 0.3 is 0 Å². The molecule has 96 valence electrons. The lowest BCUT2D eigenvalue weighted by Gasteiger charge is -2.20. The summed E-state index contributed by atoms with van der Waals surface area (Å²) in [6.07, 6.45) is 0.874. The van der Waals surface area contributed by atoms with Crippen LogP contribution < -0.4 is 5.73 Å². The number of aryl methyl sites for hydroxylation is 1. The van der Waals surface area contributed by atoms with E-state index in [0.717, 1.165) is 12.0 Å². The average molecular weight is 245 g/mol.